The van der Waals surface area contributed by atoms with E-state index in [1.54, 1.807) is 12.1 Å². The van der Waals surface area contributed by atoms with Crippen molar-refractivity contribution in [1.29, 1.82) is 0 Å². The van der Waals surface area contributed by atoms with E-state index in [-0.39, 0.29) is 22.9 Å². The Morgan fingerprint density at radius 3 is 2.38 bits per heavy atom. The number of pyridine rings is 1. The molecule has 2 aromatic carbocycles. The summed E-state index contributed by atoms with van der Waals surface area (Å²) in [7, 11) is 0. The van der Waals surface area contributed by atoms with Gasteiger partial charge in [-0.1, -0.05) is 18.2 Å². The lowest BCUT2D eigenvalue weighted by atomic mass is 10.1. The van der Waals surface area contributed by atoms with Crippen LogP contribution in [0.4, 0.5) is 24.7 Å². The number of benzene rings is 2. The van der Waals surface area contributed by atoms with Crippen molar-refractivity contribution < 1.29 is 18.0 Å². The average molecular weight is 440 g/mol. The van der Waals surface area contributed by atoms with E-state index in [2.05, 4.69) is 20.6 Å². The van der Waals surface area contributed by atoms with E-state index in [0.717, 1.165) is 42.7 Å². The smallest absolute Gasteiger partial charge is 0.326 e. The van der Waals surface area contributed by atoms with Crippen LogP contribution in [0.5, 0.6) is 0 Å². The van der Waals surface area contributed by atoms with Gasteiger partial charge in [0.2, 0.25) is 11.5 Å². The molecule has 0 saturated heterocycles. The Kier molecular flexibility index (Phi) is 5.81. The minimum atomic E-state index is -4.49. The standard InChI is InChI=1S/C23H19F3N4O2/c24-23(25,26)17-11-9-15(10-12-17)21(32)30-22(29-19-5-2-6-20(31)28-19)27-18-4-1-3-16(13-18)14-7-8-14/h1-6,9-14H,7-8H2,(H3,27,28,29,30,31,32). The van der Waals surface area contributed by atoms with Crippen molar-refractivity contribution in [3.63, 3.8) is 0 Å². The zero-order valence-corrected chi connectivity index (χ0v) is 16.7. The molecule has 1 fully saturated rings. The first-order valence-electron chi connectivity index (χ1n) is 9.91. The molecule has 3 N–H and O–H groups in total. The Morgan fingerprint density at radius 1 is 1.00 bits per heavy atom. The predicted octanol–water partition coefficient (Wildman–Crippen LogP) is 4.80. The Labute approximate surface area is 181 Å². The van der Waals surface area contributed by atoms with Gasteiger partial charge in [0.05, 0.1) is 5.56 Å². The summed E-state index contributed by atoms with van der Waals surface area (Å²) in [4.78, 5) is 31.1. The largest absolute Gasteiger partial charge is 0.416 e. The molecule has 1 amide bonds. The molecule has 0 spiro atoms. The summed E-state index contributed by atoms with van der Waals surface area (Å²) in [6.07, 6.45) is -2.24. The summed E-state index contributed by atoms with van der Waals surface area (Å²) in [6, 6.07) is 15.9. The zero-order valence-electron chi connectivity index (χ0n) is 16.7. The highest BCUT2D eigenvalue weighted by atomic mass is 19.4. The maximum Gasteiger partial charge on any atom is 0.416 e. The second-order valence-electron chi connectivity index (χ2n) is 7.41. The fourth-order valence-corrected chi connectivity index (χ4v) is 3.12. The monoisotopic (exact) mass is 440 g/mol. The van der Waals surface area contributed by atoms with Crippen molar-refractivity contribution in [2.24, 2.45) is 4.99 Å². The maximum atomic E-state index is 12.8. The minimum absolute atomic E-state index is 0.0182. The molecule has 1 aromatic heterocycles. The van der Waals surface area contributed by atoms with Crippen LogP contribution in [0.25, 0.3) is 0 Å². The third-order valence-corrected chi connectivity index (χ3v) is 4.89. The van der Waals surface area contributed by atoms with Gasteiger partial charge in [-0.2, -0.15) is 18.2 Å². The van der Waals surface area contributed by atoms with E-state index < -0.39 is 17.6 Å². The van der Waals surface area contributed by atoms with Crippen LogP contribution in [-0.4, -0.2) is 16.9 Å². The highest BCUT2D eigenvalue weighted by Crippen LogP contribution is 2.40. The Morgan fingerprint density at radius 2 is 1.72 bits per heavy atom. The van der Waals surface area contributed by atoms with Crippen molar-refractivity contribution in [3.8, 4) is 0 Å². The highest BCUT2D eigenvalue weighted by Gasteiger charge is 2.30. The molecule has 0 bridgehead atoms. The number of rotatable bonds is 4. The van der Waals surface area contributed by atoms with Crippen molar-refractivity contribution in [2.75, 3.05) is 5.32 Å². The number of hydrogen-bond acceptors (Lipinski definition) is 3. The number of aromatic nitrogens is 1. The molecule has 0 atom stereocenters. The maximum absolute atomic E-state index is 12.8. The lowest BCUT2D eigenvalue weighted by molar-refractivity contribution is -0.137. The normalized spacial score (nSPS) is 14.2. The molecule has 6 nitrogen and oxygen atoms in total. The van der Waals surface area contributed by atoms with Crippen LogP contribution in [0.15, 0.2) is 76.5 Å². The van der Waals surface area contributed by atoms with E-state index in [1.807, 2.05) is 18.2 Å². The topological polar surface area (TPSA) is 86.3 Å². The summed E-state index contributed by atoms with van der Waals surface area (Å²) < 4.78 is 38.3. The molecule has 1 aliphatic rings. The number of carbonyl (C=O) groups is 1. The first-order valence-corrected chi connectivity index (χ1v) is 9.91. The third-order valence-electron chi connectivity index (χ3n) is 4.89. The van der Waals surface area contributed by atoms with Crippen LogP contribution in [-0.2, 0) is 6.18 Å². The average Bonchev–Trinajstić information content (AvgIpc) is 3.59. The predicted molar refractivity (Wildman–Crippen MR) is 115 cm³/mol. The van der Waals surface area contributed by atoms with Gasteiger partial charge in [-0.3, -0.25) is 14.9 Å². The van der Waals surface area contributed by atoms with Crippen LogP contribution in [0, 0.1) is 0 Å². The molecule has 164 valence electrons. The van der Waals surface area contributed by atoms with Gasteiger partial charge in [-0.25, -0.2) is 0 Å². The fourth-order valence-electron chi connectivity index (χ4n) is 3.12. The van der Waals surface area contributed by atoms with E-state index in [1.165, 1.54) is 12.1 Å². The molecule has 0 radical (unpaired) electrons. The summed E-state index contributed by atoms with van der Waals surface area (Å²) in [5.74, 6) is 0.0849. The molecular weight excluding hydrogens is 421 g/mol. The number of aliphatic imine (C=N–C) groups is 1. The third kappa shape index (κ3) is 5.42. The Hall–Kier alpha value is -3.88. The number of carbonyl (C=O) groups excluding carboxylic acids is 1. The van der Waals surface area contributed by atoms with E-state index in [4.69, 9.17) is 0 Å². The van der Waals surface area contributed by atoms with Gasteiger partial charge in [-0.05, 0) is 66.8 Å². The number of nitrogens with one attached hydrogen (secondary N) is 3. The summed E-state index contributed by atoms with van der Waals surface area (Å²) >= 11 is 0. The molecule has 1 aliphatic carbocycles. The highest BCUT2D eigenvalue weighted by molar-refractivity contribution is 6.10. The number of hydrogen-bond donors (Lipinski definition) is 3. The zero-order chi connectivity index (χ0) is 22.7. The van der Waals surface area contributed by atoms with Crippen molar-refractivity contribution in [3.05, 3.63) is 93.8 Å². The molecule has 1 heterocycles. The SMILES string of the molecule is O=C(NC(=Nc1cccc(=O)[nH]1)Nc1cccc(C2CC2)c1)c1ccc(C(F)(F)F)cc1. The number of nitrogens with zero attached hydrogens (tertiary/aromatic N) is 1. The van der Waals surface area contributed by atoms with Crippen molar-refractivity contribution in [2.45, 2.75) is 24.9 Å². The number of amides is 1. The van der Waals surface area contributed by atoms with Crippen molar-refractivity contribution >= 4 is 23.4 Å². The molecule has 0 aliphatic heterocycles. The van der Waals surface area contributed by atoms with Gasteiger partial charge >= 0.3 is 6.18 Å². The van der Waals surface area contributed by atoms with E-state index >= 15 is 0 Å². The molecule has 3 aromatic rings. The first-order chi connectivity index (χ1) is 15.3. The van der Waals surface area contributed by atoms with Gasteiger partial charge in [-0.15, -0.1) is 0 Å². The van der Waals surface area contributed by atoms with Gasteiger partial charge in [0, 0.05) is 17.3 Å². The second-order valence-corrected chi connectivity index (χ2v) is 7.41. The fraction of sp³-hybridized carbons (Fsp3) is 0.174. The first kappa shape index (κ1) is 21.4. The quantitative estimate of drug-likeness (QED) is 0.402. The molecule has 1 saturated carbocycles. The Bertz CT molecular complexity index is 1210. The minimum Gasteiger partial charge on any atom is -0.326 e. The van der Waals surface area contributed by atoms with Gasteiger partial charge in [0.25, 0.3) is 5.91 Å². The molecule has 4 rings (SSSR count). The van der Waals surface area contributed by atoms with Gasteiger partial charge in [0.1, 0.15) is 5.82 Å². The van der Waals surface area contributed by atoms with Crippen LogP contribution >= 0.6 is 0 Å². The molecule has 0 unspecified atom stereocenters. The summed E-state index contributed by atoms with van der Waals surface area (Å²) in [6.45, 7) is 0. The summed E-state index contributed by atoms with van der Waals surface area (Å²) in [5, 5.41) is 5.59. The second kappa shape index (κ2) is 8.70. The van der Waals surface area contributed by atoms with Crippen LogP contribution in [0.2, 0.25) is 0 Å². The Balaban J connectivity index is 1.59. The summed E-state index contributed by atoms with van der Waals surface area (Å²) in [5.41, 5.74) is 0.659. The van der Waals surface area contributed by atoms with Crippen LogP contribution in [0.1, 0.15) is 40.2 Å². The lowest BCUT2D eigenvalue weighted by Crippen LogP contribution is -2.36. The van der Waals surface area contributed by atoms with Crippen molar-refractivity contribution in [1.82, 2.24) is 10.3 Å². The number of H-pyrrole nitrogens is 1. The molecular formula is C23H19F3N4O2. The van der Waals surface area contributed by atoms with E-state index in [0.29, 0.717) is 11.6 Å². The number of halogens is 3. The number of guanidine groups is 1. The lowest BCUT2D eigenvalue weighted by Gasteiger charge is -2.13. The van der Waals surface area contributed by atoms with E-state index in [9.17, 15) is 22.8 Å². The molecule has 32 heavy (non-hydrogen) atoms. The number of anilines is 1. The molecule has 9 heteroatoms. The van der Waals surface area contributed by atoms with Gasteiger partial charge < -0.3 is 10.3 Å². The number of alkyl halides is 3. The van der Waals surface area contributed by atoms with Crippen LogP contribution < -0.4 is 16.2 Å². The number of aromatic amines is 1. The van der Waals surface area contributed by atoms with Crippen LogP contribution in [0.3, 0.4) is 0 Å². The van der Waals surface area contributed by atoms with Gasteiger partial charge in [0.15, 0.2) is 0 Å².